The third-order valence-corrected chi connectivity index (χ3v) is 7.65. The number of hydrogen-bond acceptors (Lipinski definition) is 4. The van der Waals surface area contributed by atoms with E-state index in [0.29, 0.717) is 49.0 Å². The van der Waals surface area contributed by atoms with Gasteiger partial charge in [0.2, 0.25) is 15.9 Å². The second-order valence-corrected chi connectivity index (χ2v) is 9.84. The topological polar surface area (TPSA) is 75.7 Å². The zero-order valence-corrected chi connectivity index (χ0v) is 19.0. The van der Waals surface area contributed by atoms with Crippen molar-refractivity contribution in [3.05, 3.63) is 52.5 Å². The summed E-state index contributed by atoms with van der Waals surface area (Å²) in [6, 6.07) is 10.3. The molecule has 2 aromatic carbocycles. The number of nitrogens with zero attached hydrogens (tertiary/aromatic N) is 1. The van der Waals surface area contributed by atoms with Crippen molar-refractivity contribution in [2.24, 2.45) is 5.92 Å². The van der Waals surface area contributed by atoms with Gasteiger partial charge in [0.1, 0.15) is 5.75 Å². The quantitative estimate of drug-likeness (QED) is 0.707. The largest absolute Gasteiger partial charge is 0.494 e. The highest BCUT2D eigenvalue weighted by Crippen LogP contribution is 2.28. The molecule has 1 N–H and O–H groups in total. The Morgan fingerprint density at radius 2 is 1.83 bits per heavy atom. The second kappa shape index (κ2) is 9.37. The molecule has 30 heavy (non-hydrogen) atoms. The van der Waals surface area contributed by atoms with Crippen LogP contribution in [0.5, 0.6) is 5.75 Å². The van der Waals surface area contributed by atoms with Crippen LogP contribution >= 0.6 is 11.6 Å². The summed E-state index contributed by atoms with van der Waals surface area (Å²) in [5, 5.41) is 3.48. The average Bonchev–Trinajstić information content (AvgIpc) is 2.72. The summed E-state index contributed by atoms with van der Waals surface area (Å²) in [7, 11) is -3.61. The first-order valence-corrected chi connectivity index (χ1v) is 11.8. The third-order valence-electron chi connectivity index (χ3n) is 5.35. The molecule has 1 heterocycles. The molecule has 0 atom stereocenters. The molecule has 6 nitrogen and oxygen atoms in total. The van der Waals surface area contributed by atoms with E-state index in [4.69, 9.17) is 16.3 Å². The van der Waals surface area contributed by atoms with Crippen molar-refractivity contribution in [3.8, 4) is 5.75 Å². The summed E-state index contributed by atoms with van der Waals surface area (Å²) in [5.41, 5.74) is 2.37. The van der Waals surface area contributed by atoms with Gasteiger partial charge >= 0.3 is 0 Å². The molecule has 3 rings (SSSR count). The Kier molecular flexibility index (Phi) is 7.06. The van der Waals surface area contributed by atoms with Gasteiger partial charge in [-0.1, -0.05) is 17.7 Å². The highest BCUT2D eigenvalue weighted by Gasteiger charge is 2.32. The van der Waals surface area contributed by atoms with E-state index in [-0.39, 0.29) is 16.7 Å². The van der Waals surface area contributed by atoms with Crippen molar-refractivity contribution in [1.29, 1.82) is 0 Å². The third kappa shape index (κ3) is 4.96. The maximum Gasteiger partial charge on any atom is 0.243 e. The number of aryl methyl sites for hydroxylation is 2. The molecule has 1 aliphatic heterocycles. The van der Waals surface area contributed by atoms with E-state index < -0.39 is 10.0 Å². The normalized spacial score (nSPS) is 15.7. The number of ether oxygens (including phenoxy) is 1. The molecule has 162 valence electrons. The molecule has 1 aliphatic rings. The molecular weight excluding hydrogens is 424 g/mol. The van der Waals surface area contributed by atoms with Crippen molar-refractivity contribution in [2.75, 3.05) is 25.0 Å². The van der Waals surface area contributed by atoms with Crippen LogP contribution < -0.4 is 10.1 Å². The SMILES string of the molecule is CCOc1ccc(S(=O)(=O)N2CCC(C(=O)Nc3ccc(C)c(Cl)c3)CC2)cc1C. The molecular formula is C22H27ClN2O4S. The van der Waals surface area contributed by atoms with Crippen LogP contribution in [0.4, 0.5) is 5.69 Å². The van der Waals surface area contributed by atoms with Crippen LogP contribution in [0.15, 0.2) is 41.3 Å². The highest BCUT2D eigenvalue weighted by molar-refractivity contribution is 7.89. The van der Waals surface area contributed by atoms with Crippen molar-refractivity contribution in [2.45, 2.75) is 38.5 Å². The van der Waals surface area contributed by atoms with Gasteiger partial charge in [-0.25, -0.2) is 8.42 Å². The van der Waals surface area contributed by atoms with Gasteiger partial charge in [-0.3, -0.25) is 4.79 Å². The van der Waals surface area contributed by atoms with Crippen LogP contribution in [0.25, 0.3) is 0 Å². The Hall–Kier alpha value is -2.09. The van der Waals surface area contributed by atoms with Crippen LogP contribution in [0.1, 0.15) is 30.9 Å². The Morgan fingerprint density at radius 3 is 2.43 bits per heavy atom. The maximum atomic E-state index is 13.0. The summed E-state index contributed by atoms with van der Waals surface area (Å²) < 4.78 is 33.0. The molecule has 0 bridgehead atoms. The zero-order valence-electron chi connectivity index (χ0n) is 17.4. The summed E-state index contributed by atoms with van der Waals surface area (Å²) >= 11 is 6.12. The highest BCUT2D eigenvalue weighted by atomic mass is 35.5. The molecule has 0 unspecified atom stereocenters. The van der Waals surface area contributed by atoms with Gasteiger partial charge < -0.3 is 10.1 Å². The maximum absolute atomic E-state index is 13.0. The Morgan fingerprint density at radius 1 is 1.13 bits per heavy atom. The van der Waals surface area contributed by atoms with Crippen molar-refractivity contribution in [3.63, 3.8) is 0 Å². The van der Waals surface area contributed by atoms with Crippen LogP contribution in [-0.4, -0.2) is 38.3 Å². The monoisotopic (exact) mass is 450 g/mol. The van der Waals surface area contributed by atoms with Gasteiger partial charge in [0, 0.05) is 29.7 Å². The van der Waals surface area contributed by atoms with E-state index in [9.17, 15) is 13.2 Å². The van der Waals surface area contributed by atoms with Gasteiger partial charge in [0.05, 0.1) is 11.5 Å². The van der Waals surface area contributed by atoms with E-state index in [1.807, 2.05) is 32.9 Å². The van der Waals surface area contributed by atoms with E-state index in [1.54, 1.807) is 24.3 Å². The Balaban J connectivity index is 1.63. The van der Waals surface area contributed by atoms with Gasteiger partial charge in [-0.2, -0.15) is 4.31 Å². The molecule has 1 amide bonds. The van der Waals surface area contributed by atoms with Crippen LogP contribution in [0, 0.1) is 19.8 Å². The predicted octanol–water partition coefficient (Wildman–Crippen LogP) is 4.39. The lowest BCUT2D eigenvalue weighted by atomic mass is 9.97. The van der Waals surface area contributed by atoms with Crippen LogP contribution in [0.3, 0.4) is 0 Å². The number of halogens is 1. The van der Waals surface area contributed by atoms with Gasteiger partial charge in [-0.05, 0) is 75.1 Å². The lowest BCUT2D eigenvalue weighted by molar-refractivity contribution is -0.120. The fourth-order valence-electron chi connectivity index (χ4n) is 3.52. The smallest absolute Gasteiger partial charge is 0.243 e. The fourth-order valence-corrected chi connectivity index (χ4v) is 5.26. The summed E-state index contributed by atoms with van der Waals surface area (Å²) in [5.74, 6) is 0.338. The molecule has 8 heteroatoms. The van der Waals surface area contributed by atoms with Crippen LogP contribution in [-0.2, 0) is 14.8 Å². The second-order valence-electron chi connectivity index (χ2n) is 7.49. The lowest BCUT2D eigenvalue weighted by Crippen LogP contribution is -2.41. The number of sulfonamides is 1. The van der Waals surface area contributed by atoms with Crippen molar-refractivity contribution >= 4 is 33.2 Å². The number of carbonyl (C=O) groups is 1. The minimum absolute atomic E-state index is 0.108. The number of amides is 1. The van der Waals surface area contributed by atoms with Crippen molar-refractivity contribution < 1.29 is 17.9 Å². The molecule has 2 aromatic rings. The van der Waals surface area contributed by atoms with E-state index >= 15 is 0 Å². The lowest BCUT2D eigenvalue weighted by Gasteiger charge is -2.30. The first kappa shape index (κ1) is 22.6. The number of piperidine rings is 1. The number of nitrogens with one attached hydrogen (secondary N) is 1. The summed E-state index contributed by atoms with van der Waals surface area (Å²) in [6.45, 7) is 6.76. The minimum atomic E-state index is -3.61. The number of hydrogen-bond donors (Lipinski definition) is 1. The first-order valence-electron chi connectivity index (χ1n) is 10.0. The Labute approximate surface area is 183 Å². The standard InChI is InChI=1S/C22H27ClN2O4S/c1-4-29-21-8-7-19(13-16(21)3)30(27,28)25-11-9-17(10-12-25)22(26)24-18-6-5-15(2)20(23)14-18/h5-8,13-14,17H,4,9-12H2,1-3H3,(H,24,26). The minimum Gasteiger partial charge on any atom is -0.494 e. The number of anilines is 1. The van der Waals surface area contributed by atoms with Gasteiger partial charge in [-0.15, -0.1) is 0 Å². The number of rotatable bonds is 6. The Bertz CT molecular complexity index is 1030. The van der Waals surface area contributed by atoms with Gasteiger partial charge in [0.25, 0.3) is 0 Å². The zero-order chi connectivity index (χ0) is 21.9. The van der Waals surface area contributed by atoms with Crippen LogP contribution in [0.2, 0.25) is 5.02 Å². The first-order chi connectivity index (χ1) is 14.2. The number of carbonyl (C=O) groups excluding carboxylic acids is 1. The molecule has 0 aromatic heterocycles. The molecule has 0 radical (unpaired) electrons. The predicted molar refractivity (Wildman–Crippen MR) is 119 cm³/mol. The average molecular weight is 451 g/mol. The molecule has 1 saturated heterocycles. The fraction of sp³-hybridized carbons (Fsp3) is 0.409. The van der Waals surface area contributed by atoms with E-state index in [2.05, 4.69) is 5.32 Å². The molecule has 0 aliphatic carbocycles. The molecule has 0 saturated carbocycles. The van der Waals surface area contributed by atoms with E-state index in [0.717, 1.165) is 11.1 Å². The van der Waals surface area contributed by atoms with Crippen molar-refractivity contribution in [1.82, 2.24) is 4.31 Å². The van der Waals surface area contributed by atoms with Gasteiger partial charge in [0.15, 0.2) is 0 Å². The van der Waals surface area contributed by atoms with E-state index in [1.165, 1.54) is 4.31 Å². The number of benzene rings is 2. The summed E-state index contributed by atoms with van der Waals surface area (Å²) in [6.07, 6.45) is 0.946. The molecule has 1 fully saturated rings. The summed E-state index contributed by atoms with van der Waals surface area (Å²) in [4.78, 5) is 12.8. The molecule has 0 spiro atoms.